The van der Waals surface area contributed by atoms with Crippen LogP contribution in [0, 0.1) is 0 Å². The van der Waals surface area contributed by atoms with Crippen LogP contribution in [-0.4, -0.2) is 35.9 Å². The summed E-state index contributed by atoms with van der Waals surface area (Å²) >= 11 is 0. The quantitative estimate of drug-likeness (QED) is 0.423. The summed E-state index contributed by atoms with van der Waals surface area (Å²) in [5.41, 5.74) is 5.04. The predicted molar refractivity (Wildman–Crippen MR) is 115 cm³/mol. The van der Waals surface area contributed by atoms with E-state index < -0.39 is 0 Å². The second-order valence-corrected chi connectivity index (χ2v) is 7.11. The number of carbonyl (C=O) groups excluding carboxylic acids is 1. The number of para-hydroxylation sites is 2. The number of H-pyrrole nitrogens is 1. The molecule has 8 nitrogen and oxygen atoms in total. The molecule has 1 saturated heterocycles. The highest BCUT2D eigenvalue weighted by Crippen LogP contribution is 2.29. The molecule has 1 aromatic heterocycles. The normalized spacial score (nSPS) is 16.5. The summed E-state index contributed by atoms with van der Waals surface area (Å²) in [5, 5.41) is 0. The van der Waals surface area contributed by atoms with E-state index >= 15 is 0 Å². The Bertz CT molecular complexity index is 1020. The zero-order valence-corrected chi connectivity index (χ0v) is 17.3. The van der Waals surface area contributed by atoms with Gasteiger partial charge in [0.1, 0.15) is 12.4 Å². The Kier molecular flexibility index (Phi) is 6.81. The molecule has 2 N–H and O–H groups in total. The molecule has 1 aliphatic rings. The fourth-order valence-corrected chi connectivity index (χ4v) is 3.26. The van der Waals surface area contributed by atoms with Crippen molar-refractivity contribution < 1.29 is 23.8 Å². The smallest absolute Gasteiger partial charge is 0.267 e. The third-order valence-corrected chi connectivity index (χ3v) is 4.85. The molecule has 0 spiro atoms. The van der Waals surface area contributed by atoms with Gasteiger partial charge in [0.05, 0.1) is 18.1 Å². The number of hydrogen-bond acceptors (Lipinski definition) is 6. The highest BCUT2D eigenvalue weighted by Gasteiger charge is 2.15. The fraction of sp³-hybridized carbons (Fsp3) is 0.304. The summed E-state index contributed by atoms with van der Waals surface area (Å²) < 4.78 is 16.7. The second kappa shape index (κ2) is 10.1. The first-order valence-electron chi connectivity index (χ1n) is 10.2. The first kappa shape index (κ1) is 20.9. The summed E-state index contributed by atoms with van der Waals surface area (Å²) in [6.07, 6.45) is 5.51. The van der Waals surface area contributed by atoms with Gasteiger partial charge in [-0.25, -0.2) is 15.3 Å². The van der Waals surface area contributed by atoms with Crippen molar-refractivity contribution in [2.24, 2.45) is 0 Å². The number of ether oxygens (including phenoxy) is 3. The van der Waals surface area contributed by atoms with E-state index in [-0.39, 0.29) is 18.8 Å². The summed E-state index contributed by atoms with van der Waals surface area (Å²) in [5.74, 6) is 1.51. The number of imidazole rings is 1. The molecule has 2 aromatic carbocycles. The number of aromatic nitrogens is 2. The van der Waals surface area contributed by atoms with Crippen molar-refractivity contribution in [3.63, 3.8) is 0 Å². The summed E-state index contributed by atoms with van der Waals surface area (Å²) in [7, 11) is 1.57. The van der Waals surface area contributed by atoms with Gasteiger partial charge in [0.2, 0.25) is 0 Å². The Hall–Kier alpha value is -3.36. The molecule has 0 saturated carbocycles. The maximum atomic E-state index is 12.0. The number of amides is 1. The Morgan fingerprint density at radius 1 is 1.26 bits per heavy atom. The molecule has 1 atom stereocenters. The summed E-state index contributed by atoms with van der Waals surface area (Å²) in [6.45, 7) is 0.935. The van der Waals surface area contributed by atoms with Gasteiger partial charge in [0, 0.05) is 19.1 Å². The largest absolute Gasteiger partial charge is 0.493 e. The Labute approximate surface area is 180 Å². The van der Waals surface area contributed by atoms with Crippen molar-refractivity contribution in [2.75, 3.05) is 13.7 Å². The van der Waals surface area contributed by atoms with Gasteiger partial charge in [-0.05, 0) is 48.7 Å². The molecule has 162 valence electrons. The number of carbonyl (C=O) groups is 1. The number of aromatic amines is 1. The number of benzene rings is 2. The highest BCUT2D eigenvalue weighted by molar-refractivity contribution is 5.91. The van der Waals surface area contributed by atoms with Crippen LogP contribution in [0.5, 0.6) is 11.5 Å². The van der Waals surface area contributed by atoms with Crippen LogP contribution in [0.15, 0.2) is 48.5 Å². The number of hydroxylamine groups is 1. The topological polar surface area (TPSA) is 94.7 Å². The molecule has 2 heterocycles. The van der Waals surface area contributed by atoms with Crippen LogP contribution in [0.4, 0.5) is 0 Å². The average molecular weight is 423 g/mol. The number of nitrogens with one attached hydrogen (secondary N) is 2. The average Bonchev–Trinajstić information content (AvgIpc) is 3.24. The van der Waals surface area contributed by atoms with Gasteiger partial charge < -0.3 is 19.2 Å². The van der Waals surface area contributed by atoms with E-state index in [0.717, 1.165) is 41.7 Å². The number of fused-ring (bicyclic) bond motifs is 1. The minimum absolute atomic E-state index is 0.281. The van der Waals surface area contributed by atoms with E-state index in [1.807, 2.05) is 30.3 Å². The van der Waals surface area contributed by atoms with Crippen LogP contribution >= 0.6 is 0 Å². The van der Waals surface area contributed by atoms with Crippen molar-refractivity contribution >= 4 is 23.0 Å². The molecule has 8 heteroatoms. The summed E-state index contributed by atoms with van der Waals surface area (Å²) in [4.78, 5) is 25.0. The van der Waals surface area contributed by atoms with Crippen molar-refractivity contribution in [3.05, 3.63) is 59.9 Å². The lowest BCUT2D eigenvalue weighted by Gasteiger charge is -2.21. The maximum absolute atomic E-state index is 12.0. The molecule has 0 aliphatic carbocycles. The van der Waals surface area contributed by atoms with Gasteiger partial charge in [0.15, 0.2) is 17.8 Å². The third-order valence-electron chi connectivity index (χ3n) is 4.85. The standard InChI is InChI=1S/C23H25N3O5/c1-28-20-14-16(10-12-22(27)26-31-23-8-4-5-13-29-23)9-11-19(20)30-15-21-24-17-6-2-3-7-18(17)25-21/h2-3,6-7,9-12,14,23H,4-5,8,13,15H2,1H3,(H,24,25)(H,26,27). The molecule has 1 aliphatic heterocycles. The molecule has 4 rings (SSSR count). The number of nitrogens with zero attached hydrogens (tertiary/aromatic N) is 1. The molecule has 1 amide bonds. The van der Waals surface area contributed by atoms with Crippen LogP contribution in [0.3, 0.4) is 0 Å². The van der Waals surface area contributed by atoms with Crippen molar-refractivity contribution in [3.8, 4) is 11.5 Å². The molecule has 31 heavy (non-hydrogen) atoms. The fourth-order valence-electron chi connectivity index (χ4n) is 3.26. The van der Waals surface area contributed by atoms with E-state index in [2.05, 4.69) is 15.4 Å². The lowest BCUT2D eigenvalue weighted by atomic mass is 10.2. The van der Waals surface area contributed by atoms with E-state index in [4.69, 9.17) is 19.0 Å². The van der Waals surface area contributed by atoms with Crippen molar-refractivity contribution in [1.29, 1.82) is 0 Å². The van der Waals surface area contributed by atoms with Crippen LogP contribution in [0.25, 0.3) is 17.1 Å². The lowest BCUT2D eigenvalue weighted by Crippen LogP contribution is -2.32. The van der Waals surface area contributed by atoms with Gasteiger partial charge in [-0.1, -0.05) is 18.2 Å². The number of rotatable bonds is 8. The number of methoxy groups -OCH3 is 1. The summed E-state index contributed by atoms with van der Waals surface area (Å²) in [6, 6.07) is 13.2. The minimum atomic E-state index is -0.380. The van der Waals surface area contributed by atoms with Crippen LogP contribution in [0.2, 0.25) is 0 Å². The van der Waals surface area contributed by atoms with Crippen LogP contribution < -0.4 is 15.0 Å². The van der Waals surface area contributed by atoms with Crippen molar-refractivity contribution in [1.82, 2.24) is 15.4 Å². The molecular weight excluding hydrogens is 398 g/mol. The lowest BCUT2D eigenvalue weighted by molar-refractivity contribution is -0.198. The minimum Gasteiger partial charge on any atom is -0.493 e. The first-order valence-corrected chi connectivity index (χ1v) is 10.2. The van der Waals surface area contributed by atoms with E-state index in [1.54, 1.807) is 25.3 Å². The van der Waals surface area contributed by atoms with Crippen LogP contribution in [-0.2, 0) is 21.0 Å². The van der Waals surface area contributed by atoms with E-state index in [0.29, 0.717) is 18.1 Å². The third kappa shape index (κ3) is 5.62. The van der Waals surface area contributed by atoms with Gasteiger partial charge in [-0.3, -0.25) is 4.79 Å². The Balaban J connectivity index is 1.33. The molecule has 0 bridgehead atoms. The molecule has 1 unspecified atom stereocenters. The monoisotopic (exact) mass is 423 g/mol. The second-order valence-electron chi connectivity index (χ2n) is 7.11. The Morgan fingerprint density at radius 3 is 2.97 bits per heavy atom. The highest BCUT2D eigenvalue weighted by atomic mass is 16.8. The van der Waals surface area contributed by atoms with E-state index in [9.17, 15) is 4.79 Å². The van der Waals surface area contributed by atoms with Gasteiger partial charge in [0.25, 0.3) is 5.91 Å². The number of hydrogen-bond donors (Lipinski definition) is 2. The van der Waals surface area contributed by atoms with Gasteiger partial charge in [-0.2, -0.15) is 0 Å². The van der Waals surface area contributed by atoms with Crippen LogP contribution in [0.1, 0.15) is 30.7 Å². The zero-order chi connectivity index (χ0) is 21.5. The molecule has 0 radical (unpaired) electrons. The van der Waals surface area contributed by atoms with E-state index in [1.165, 1.54) is 6.08 Å². The zero-order valence-electron chi connectivity index (χ0n) is 17.3. The SMILES string of the molecule is COc1cc(C=CC(=O)NOC2CCCCO2)ccc1OCc1nc2ccccc2[nH]1. The molecule has 1 fully saturated rings. The first-order chi connectivity index (χ1) is 15.2. The molecule has 3 aromatic rings. The Morgan fingerprint density at radius 2 is 2.16 bits per heavy atom. The van der Waals surface area contributed by atoms with Gasteiger partial charge >= 0.3 is 0 Å². The predicted octanol–water partition coefficient (Wildman–Crippen LogP) is 3.74. The molecular formula is C23H25N3O5. The van der Waals surface area contributed by atoms with Crippen molar-refractivity contribution in [2.45, 2.75) is 32.2 Å². The maximum Gasteiger partial charge on any atom is 0.267 e. The van der Waals surface area contributed by atoms with Gasteiger partial charge in [-0.15, -0.1) is 0 Å².